The van der Waals surface area contributed by atoms with Gasteiger partial charge in [-0.1, -0.05) is 72.8 Å². The van der Waals surface area contributed by atoms with Gasteiger partial charge in [-0.05, 0) is 53.9 Å². The molecule has 0 spiro atoms. The van der Waals surface area contributed by atoms with Gasteiger partial charge in [0.15, 0.2) is 0 Å². The first-order valence-corrected chi connectivity index (χ1v) is 11.4. The lowest BCUT2D eigenvalue weighted by atomic mass is 10.0. The third kappa shape index (κ3) is 2.61. The number of hydrogen-bond donors (Lipinski definition) is 0. The molecule has 3 nitrogen and oxygen atoms in total. The van der Waals surface area contributed by atoms with Crippen LogP contribution in [0.3, 0.4) is 0 Å². The van der Waals surface area contributed by atoms with Crippen molar-refractivity contribution < 1.29 is 0 Å². The van der Waals surface area contributed by atoms with Crippen molar-refractivity contribution >= 4 is 43.5 Å². The van der Waals surface area contributed by atoms with Crippen LogP contribution < -0.4 is 5.56 Å². The summed E-state index contributed by atoms with van der Waals surface area (Å²) in [6.45, 7) is 0. The molecule has 0 amide bonds. The number of para-hydroxylation sites is 3. The van der Waals surface area contributed by atoms with Gasteiger partial charge in [-0.15, -0.1) is 0 Å². The van der Waals surface area contributed by atoms with E-state index < -0.39 is 0 Å². The minimum Gasteiger partial charge on any atom is -0.309 e. The second kappa shape index (κ2) is 7.19. The Kier molecular flexibility index (Phi) is 4.00. The summed E-state index contributed by atoms with van der Waals surface area (Å²) in [7, 11) is 0. The van der Waals surface area contributed by atoms with Crippen LogP contribution in [0, 0.1) is 0 Å². The van der Waals surface area contributed by atoms with Gasteiger partial charge in [0, 0.05) is 32.9 Å². The molecule has 0 aliphatic heterocycles. The van der Waals surface area contributed by atoms with Gasteiger partial charge in [0.1, 0.15) is 0 Å². The van der Waals surface area contributed by atoms with Crippen molar-refractivity contribution in [2.45, 2.75) is 0 Å². The van der Waals surface area contributed by atoms with Gasteiger partial charge in [-0.3, -0.25) is 9.36 Å². The Bertz CT molecular complexity index is 1910. The van der Waals surface area contributed by atoms with E-state index in [1.807, 2.05) is 59.2 Å². The maximum atomic E-state index is 13.7. The Morgan fingerprint density at radius 2 is 0.853 bits per heavy atom. The highest BCUT2D eigenvalue weighted by atomic mass is 16.1. The van der Waals surface area contributed by atoms with Crippen LogP contribution >= 0.6 is 0 Å². The molecule has 0 saturated carbocycles. The maximum Gasteiger partial charge on any atom is 0.263 e. The normalized spacial score (nSPS) is 11.6. The Hall–Kier alpha value is -4.63. The molecule has 160 valence electrons. The number of hydrogen-bond acceptors (Lipinski definition) is 1. The average molecular weight is 437 g/mol. The van der Waals surface area contributed by atoms with E-state index in [2.05, 4.69) is 71.3 Å². The molecule has 3 heteroatoms. The van der Waals surface area contributed by atoms with Crippen molar-refractivity contribution in [2.24, 2.45) is 0 Å². The molecule has 7 aromatic rings. The smallest absolute Gasteiger partial charge is 0.263 e. The summed E-state index contributed by atoms with van der Waals surface area (Å²) in [6.07, 6.45) is 0. The van der Waals surface area contributed by atoms with Crippen LogP contribution in [0.4, 0.5) is 0 Å². The molecule has 5 aromatic carbocycles. The third-order valence-corrected chi connectivity index (χ3v) is 6.71. The van der Waals surface area contributed by atoms with Gasteiger partial charge >= 0.3 is 0 Å². The van der Waals surface area contributed by atoms with Crippen LogP contribution in [-0.2, 0) is 0 Å². The van der Waals surface area contributed by atoms with E-state index in [1.54, 1.807) is 0 Å². The van der Waals surface area contributed by atoms with E-state index in [4.69, 9.17) is 0 Å². The van der Waals surface area contributed by atoms with Crippen LogP contribution in [0.1, 0.15) is 0 Å². The van der Waals surface area contributed by atoms with Gasteiger partial charge in [0.25, 0.3) is 5.56 Å². The summed E-state index contributed by atoms with van der Waals surface area (Å²) in [5, 5.41) is 5.06. The lowest BCUT2D eigenvalue weighted by molar-refractivity contribution is 1.06. The first-order chi connectivity index (χ1) is 16.8. The van der Waals surface area contributed by atoms with E-state index in [-0.39, 0.29) is 5.56 Å². The van der Waals surface area contributed by atoms with Crippen LogP contribution in [0.15, 0.2) is 126 Å². The van der Waals surface area contributed by atoms with Crippen LogP contribution in [0.2, 0.25) is 0 Å². The lowest BCUT2D eigenvalue weighted by Gasteiger charge is -2.14. The summed E-state index contributed by atoms with van der Waals surface area (Å²) in [5.74, 6) is 0. The molecule has 0 aliphatic rings. The van der Waals surface area contributed by atoms with E-state index in [1.165, 1.54) is 5.39 Å². The lowest BCUT2D eigenvalue weighted by Crippen LogP contribution is -2.19. The molecule has 0 saturated heterocycles. The predicted molar refractivity (Wildman–Crippen MR) is 141 cm³/mol. The topological polar surface area (TPSA) is 26.9 Å². The summed E-state index contributed by atoms with van der Waals surface area (Å²) < 4.78 is 4.17. The van der Waals surface area contributed by atoms with Crippen molar-refractivity contribution in [3.63, 3.8) is 0 Å². The average Bonchev–Trinajstić information content (AvgIpc) is 3.22. The molecule has 0 fully saturated rings. The van der Waals surface area contributed by atoms with Crippen molar-refractivity contribution in [2.75, 3.05) is 0 Å². The van der Waals surface area contributed by atoms with E-state index in [0.29, 0.717) is 0 Å². The number of benzene rings is 5. The molecule has 2 heterocycles. The van der Waals surface area contributed by atoms with E-state index in [0.717, 1.165) is 49.5 Å². The maximum absolute atomic E-state index is 13.7. The second-order valence-corrected chi connectivity index (χ2v) is 8.60. The van der Waals surface area contributed by atoms with Gasteiger partial charge < -0.3 is 4.57 Å². The number of aromatic nitrogens is 2. The number of pyridine rings is 1. The van der Waals surface area contributed by atoms with Crippen molar-refractivity contribution in [1.82, 2.24) is 9.13 Å². The molecule has 0 bridgehead atoms. The molecular weight excluding hydrogens is 416 g/mol. The molecule has 0 unspecified atom stereocenters. The first kappa shape index (κ1) is 18.9. The first-order valence-electron chi connectivity index (χ1n) is 11.4. The molecular formula is C31H20N2O. The Balaban J connectivity index is 1.75. The summed E-state index contributed by atoms with van der Waals surface area (Å²) >= 11 is 0. The Labute approximate surface area is 195 Å². The number of fused-ring (bicyclic) bond motifs is 6. The fraction of sp³-hybridized carbons (Fsp3) is 0. The van der Waals surface area contributed by atoms with Crippen molar-refractivity contribution in [1.29, 1.82) is 0 Å². The molecule has 2 aromatic heterocycles. The van der Waals surface area contributed by atoms with Gasteiger partial charge in [0.05, 0.1) is 16.6 Å². The van der Waals surface area contributed by atoms with Crippen LogP contribution in [0.5, 0.6) is 0 Å². The van der Waals surface area contributed by atoms with E-state index >= 15 is 0 Å². The minimum absolute atomic E-state index is 0.000414. The minimum atomic E-state index is 0.000414. The molecule has 0 aliphatic carbocycles. The largest absolute Gasteiger partial charge is 0.309 e. The molecule has 0 N–H and O–H groups in total. The molecule has 0 radical (unpaired) electrons. The zero-order valence-corrected chi connectivity index (χ0v) is 18.3. The van der Waals surface area contributed by atoms with Gasteiger partial charge in [-0.2, -0.15) is 0 Å². The summed E-state index contributed by atoms with van der Waals surface area (Å²) in [5.41, 5.74) is 5.18. The van der Waals surface area contributed by atoms with Crippen LogP contribution in [0.25, 0.3) is 54.9 Å². The molecule has 0 atom stereocenters. The highest BCUT2D eigenvalue weighted by Gasteiger charge is 2.17. The number of nitrogens with zero attached hydrogens (tertiary/aromatic N) is 2. The number of rotatable bonds is 2. The predicted octanol–water partition coefficient (Wildman–Crippen LogP) is 7.24. The van der Waals surface area contributed by atoms with Gasteiger partial charge in [-0.25, -0.2) is 0 Å². The zero-order chi connectivity index (χ0) is 22.6. The monoisotopic (exact) mass is 436 g/mol. The Morgan fingerprint density at radius 3 is 1.53 bits per heavy atom. The van der Waals surface area contributed by atoms with Crippen molar-refractivity contribution in [3.05, 3.63) is 132 Å². The summed E-state index contributed by atoms with van der Waals surface area (Å²) in [6, 6.07) is 41.2. The highest BCUT2D eigenvalue weighted by Crippen LogP contribution is 2.36. The van der Waals surface area contributed by atoms with E-state index in [9.17, 15) is 4.79 Å². The quantitative estimate of drug-likeness (QED) is 0.262. The molecule has 34 heavy (non-hydrogen) atoms. The zero-order valence-electron chi connectivity index (χ0n) is 18.3. The SMILES string of the molecule is O=c1c2ccccc2c2cc3c(cc2n1-c1ccccc1)c1ccccc1n3-c1ccccc1. The standard InChI is InChI=1S/C31H20N2O/c34-31-25-17-8-7-15-23(25)26-19-29-27(20-30(26)33(31)22-13-5-2-6-14-22)24-16-9-10-18-28(24)32(29)21-11-3-1-4-12-21/h1-20H. The Morgan fingerprint density at radius 1 is 0.382 bits per heavy atom. The fourth-order valence-corrected chi connectivity index (χ4v) is 5.23. The van der Waals surface area contributed by atoms with Crippen molar-refractivity contribution in [3.8, 4) is 11.4 Å². The third-order valence-electron chi connectivity index (χ3n) is 6.71. The fourth-order valence-electron chi connectivity index (χ4n) is 5.23. The highest BCUT2D eigenvalue weighted by molar-refractivity contribution is 6.17. The second-order valence-electron chi connectivity index (χ2n) is 8.60. The summed E-state index contributed by atoms with van der Waals surface area (Å²) in [4.78, 5) is 13.7. The van der Waals surface area contributed by atoms with Gasteiger partial charge in [0.2, 0.25) is 0 Å². The molecule has 7 rings (SSSR count). The van der Waals surface area contributed by atoms with Crippen LogP contribution in [-0.4, -0.2) is 9.13 Å².